The fraction of sp³-hybridized carbons (Fsp3) is 0.500. The van der Waals surface area contributed by atoms with Crippen molar-refractivity contribution in [2.75, 3.05) is 0 Å². The molecule has 10 nitrogen and oxygen atoms in total. The number of primary amides is 2. The SMILES string of the molecule is NC(=O)CC(N)C(=O)O.NC(=O)C[C@H](N)C(=O)O. The second-order valence-corrected chi connectivity index (χ2v) is 3.23. The van der Waals surface area contributed by atoms with Crippen molar-refractivity contribution in [3.8, 4) is 0 Å². The fourth-order valence-electron chi connectivity index (χ4n) is 0.608. The van der Waals surface area contributed by atoms with Gasteiger partial charge in [-0.1, -0.05) is 0 Å². The van der Waals surface area contributed by atoms with Crippen LogP contribution in [0.15, 0.2) is 0 Å². The number of nitrogens with two attached hydrogens (primary N) is 4. The van der Waals surface area contributed by atoms with Crippen LogP contribution in [0.5, 0.6) is 0 Å². The normalized spacial score (nSPS) is 12.6. The molecule has 10 heteroatoms. The molecule has 104 valence electrons. The van der Waals surface area contributed by atoms with Gasteiger partial charge in [0.25, 0.3) is 0 Å². The van der Waals surface area contributed by atoms with Gasteiger partial charge in [0.15, 0.2) is 0 Å². The predicted octanol–water partition coefficient (Wildman–Crippen LogP) is -3.45. The summed E-state index contributed by atoms with van der Waals surface area (Å²) < 4.78 is 0. The maximum absolute atomic E-state index is 9.99. The summed E-state index contributed by atoms with van der Waals surface area (Å²) in [5.74, 6) is -3.84. The van der Waals surface area contributed by atoms with Crippen molar-refractivity contribution in [1.82, 2.24) is 0 Å². The lowest BCUT2D eigenvalue weighted by atomic mass is 10.2. The van der Waals surface area contributed by atoms with Gasteiger partial charge in [-0.2, -0.15) is 0 Å². The maximum atomic E-state index is 9.99. The van der Waals surface area contributed by atoms with E-state index in [2.05, 4.69) is 11.5 Å². The standard InChI is InChI=1S/2C4H8N2O3/c2*5-2(4(8)9)1-3(6)7/h2*2H,1,5H2,(H2,6,7)(H,8,9)/t2-;/m0./s1. The van der Waals surface area contributed by atoms with Crippen LogP contribution in [0.4, 0.5) is 0 Å². The van der Waals surface area contributed by atoms with Gasteiger partial charge in [0, 0.05) is 0 Å². The van der Waals surface area contributed by atoms with E-state index in [1.165, 1.54) is 0 Å². The highest BCUT2D eigenvalue weighted by Crippen LogP contribution is 1.85. The molecule has 0 heterocycles. The van der Waals surface area contributed by atoms with Crippen LogP contribution in [0.2, 0.25) is 0 Å². The third-order valence-corrected chi connectivity index (χ3v) is 1.48. The maximum Gasteiger partial charge on any atom is 0.321 e. The van der Waals surface area contributed by atoms with Gasteiger partial charge >= 0.3 is 11.9 Å². The Morgan fingerprint density at radius 1 is 0.778 bits per heavy atom. The molecule has 2 atom stereocenters. The van der Waals surface area contributed by atoms with E-state index in [1.807, 2.05) is 0 Å². The number of rotatable bonds is 6. The smallest absolute Gasteiger partial charge is 0.321 e. The summed E-state index contributed by atoms with van der Waals surface area (Å²) in [5.41, 5.74) is 19.1. The van der Waals surface area contributed by atoms with E-state index in [0.717, 1.165) is 0 Å². The van der Waals surface area contributed by atoms with Gasteiger partial charge in [-0.3, -0.25) is 19.2 Å². The molecule has 0 aromatic heterocycles. The summed E-state index contributed by atoms with van der Waals surface area (Å²) in [5, 5.41) is 16.2. The van der Waals surface area contributed by atoms with Gasteiger partial charge in [-0.25, -0.2) is 0 Å². The van der Waals surface area contributed by atoms with E-state index < -0.39 is 35.8 Å². The van der Waals surface area contributed by atoms with E-state index in [0.29, 0.717) is 0 Å². The van der Waals surface area contributed by atoms with E-state index >= 15 is 0 Å². The van der Waals surface area contributed by atoms with Crippen LogP contribution in [0, 0.1) is 0 Å². The van der Waals surface area contributed by atoms with Crippen LogP contribution in [0.3, 0.4) is 0 Å². The number of amides is 2. The molecule has 0 rings (SSSR count). The summed E-state index contributed by atoms with van der Waals surface area (Å²) in [6, 6.07) is -2.33. The summed E-state index contributed by atoms with van der Waals surface area (Å²) in [6.45, 7) is 0. The second-order valence-electron chi connectivity index (χ2n) is 3.23. The van der Waals surface area contributed by atoms with Crippen LogP contribution in [0.25, 0.3) is 0 Å². The van der Waals surface area contributed by atoms with Gasteiger partial charge < -0.3 is 33.1 Å². The molecule has 10 N–H and O–H groups in total. The summed E-state index contributed by atoms with van der Waals surface area (Å²) in [7, 11) is 0. The quantitative estimate of drug-likeness (QED) is 0.283. The summed E-state index contributed by atoms with van der Waals surface area (Å²) in [4.78, 5) is 39.8. The van der Waals surface area contributed by atoms with Crippen molar-refractivity contribution in [3.63, 3.8) is 0 Å². The number of hydrogen-bond donors (Lipinski definition) is 6. The molecule has 0 saturated heterocycles. The van der Waals surface area contributed by atoms with Gasteiger partial charge in [-0.15, -0.1) is 0 Å². The van der Waals surface area contributed by atoms with Crippen molar-refractivity contribution in [3.05, 3.63) is 0 Å². The zero-order valence-electron chi connectivity index (χ0n) is 9.41. The molecule has 0 aromatic rings. The molecule has 0 fully saturated rings. The molecule has 18 heavy (non-hydrogen) atoms. The summed E-state index contributed by atoms with van der Waals surface area (Å²) in [6.07, 6.45) is -0.620. The third-order valence-electron chi connectivity index (χ3n) is 1.48. The van der Waals surface area contributed by atoms with Crippen LogP contribution in [0.1, 0.15) is 12.8 Å². The largest absolute Gasteiger partial charge is 0.480 e. The molecule has 0 aliphatic carbocycles. The zero-order valence-corrected chi connectivity index (χ0v) is 9.41. The van der Waals surface area contributed by atoms with Crippen molar-refractivity contribution < 1.29 is 29.4 Å². The molecule has 0 spiro atoms. The fourth-order valence-corrected chi connectivity index (χ4v) is 0.608. The van der Waals surface area contributed by atoms with E-state index in [4.69, 9.17) is 21.7 Å². The molecule has 0 aromatic carbocycles. The third kappa shape index (κ3) is 11.9. The summed E-state index contributed by atoms with van der Waals surface area (Å²) >= 11 is 0. The van der Waals surface area contributed by atoms with Gasteiger partial charge in [0.1, 0.15) is 12.1 Å². The highest BCUT2D eigenvalue weighted by molar-refractivity contribution is 5.83. The van der Waals surface area contributed by atoms with Crippen molar-refractivity contribution in [2.45, 2.75) is 24.9 Å². The van der Waals surface area contributed by atoms with E-state index in [9.17, 15) is 19.2 Å². The van der Waals surface area contributed by atoms with Gasteiger partial charge in [-0.05, 0) is 0 Å². The Kier molecular flexibility index (Phi) is 8.98. The molecule has 0 saturated carbocycles. The molecule has 0 bridgehead atoms. The average molecular weight is 264 g/mol. The van der Waals surface area contributed by atoms with Crippen molar-refractivity contribution >= 4 is 23.8 Å². The minimum absolute atomic E-state index is 0.310. The second kappa shape index (κ2) is 8.90. The predicted molar refractivity (Wildman–Crippen MR) is 58.8 cm³/mol. The van der Waals surface area contributed by atoms with Crippen molar-refractivity contribution in [1.29, 1.82) is 0 Å². The van der Waals surface area contributed by atoms with Crippen LogP contribution >= 0.6 is 0 Å². The molecule has 0 aliphatic heterocycles. The number of carbonyl (C=O) groups is 4. The topological polar surface area (TPSA) is 213 Å². The molecule has 2 amide bonds. The Bertz CT molecular complexity index is 300. The first kappa shape index (κ1) is 18.2. The Morgan fingerprint density at radius 3 is 1.06 bits per heavy atom. The van der Waals surface area contributed by atoms with E-state index in [1.54, 1.807) is 0 Å². The number of carbonyl (C=O) groups excluding carboxylic acids is 2. The van der Waals surface area contributed by atoms with Gasteiger partial charge in [0.2, 0.25) is 11.8 Å². The first-order valence-corrected chi connectivity index (χ1v) is 4.61. The average Bonchev–Trinajstić information content (AvgIpc) is 2.16. The highest BCUT2D eigenvalue weighted by atomic mass is 16.4. The molecule has 0 aliphatic rings. The zero-order chi connectivity index (χ0) is 14.9. The lowest BCUT2D eigenvalue weighted by Crippen LogP contribution is -2.34. The van der Waals surface area contributed by atoms with Crippen LogP contribution < -0.4 is 22.9 Å². The minimum Gasteiger partial charge on any atom is -0.480 e. The number of aliphatic carboxylic acids is 2. The van der Waals surface area contributed by atoms with Crippen LogP contribution in [-0.4, -0.2) is 46.0 Å². The Labute approximate surface area is 102 Å². The monoisotopic (exact) mass is 264 g/mol. The van der Waals surface area contributed by atoms with Crippen LogP contribution in [-0.2, 0) is 19.2 Å². The Balaban J connectivity index is 0. The Hall–Kier alpha value is -2.20. The number of carboxylic acid groups (broad SMARTS) is 2. The minimum atomic E-state index is -1.21. The first-order chi connectivity index (χ1) is 8.07. The lowest BCUT2D eigenvalue weighted by Gasteiger charge is -1.99. The highest BCUT2D eigenvalue weighted by Gasteiger charge is 2.13. The lowest BCUT2D eigenvalue weighted by molar-refractivity contribution is -0.140. The molecular formula is C8H16N4O6. The molecular weight excluding hydrogens is 248 g/mol. The van der Waals surface area contributed by atoms with E-state index in [-0.39, 0.29) is 12.8 Å². The molecule has 1 unspecified atom stereocenters. The van der Waals surface area contributed by atoms with Gasteiger partial charge in [0.05, 0.1) is 12.8 Å². The molecule has 0 radical (unpaired) electrons. The number of carboxylic acids is 2. The number of hydrogen-bond acceptors (Lipinski definition) is 6. The van der Waals surface area contributed by atoms with Crippen molar-refractivity contribution in [2.24, 2.45) is 22.9 Å². The first-order valence-electron chi connectivity index (χ1n) is 4.61. The Morgan fingerprint density at radius 2 is 1.00 bits per heavy atom.